The molecule has 1 aromatic carbocycles. The van der Waals surface area contributed by atoms with E-state index in [2.05, 4.69) is 15.4 Å². The Morgan fingerprint density at radius 3 is 2.73 bits per heavy atom. The van der Waals surface area contributed by atoms with Crippen LogP contribution in [0.5, 0.6) is 5.88 Å². The number of benzene rings is 1. The van der Waals surface area contributed by atoms with Crippen molar-refractivity contribution in [3.8, 4) is 17.0 Å². The Bertz CT molecular complexity index is 961. The summed E-state index contributed by atoms with van der Waals surface area (Å²) in [6.45, 7) is 3.73. The maximum Gasteiger partial charge on any atom is 0.261 e. The highest BCUT2D eigenvalue weighted by Crippen LogP contribution is 2.33. The zero-order valence-corrected chi connectivity index (χ0v) is 15.2. The van der Waals surface area contributed by atoms with Gasteiger partial charge in [-0.3, -0.25) is 9.48 Å². The van der Waals surface area contributed by atoms with Gasteiger partial charge in [-0.05, 0) is 37.8 Å². The van der Waals surface area contributed by atoms with Gasteiger partial charge in [0.15, 0.2) is 11.8 Å². The lowest BCUT2D eigenvalue weighted by molar-refractivity contribution is -0.127. The third-order valence-electron chi connectivity index (χ3n) is 4.62. The molecule has 134 valence electrons. The second kappa shape index (κ2) is 6.44. The molecule has 1 saturated carbocycles. The van der Waals surface area contributed by atoms with Crippen LogP contribution < -0.4 is 10.1 Å². The number of hydrogen-bond acceptors (Lipinski definition) is 4. The first-order chi connectivity index (χ1) is 12.5. The average molecular weight is 350 g/mol. The minimum atomic E-state index is -0.599. The van der Waals surface area contributed by atoms with Crippen molar-refractivity contribution in [2.75, 3.05) is 0 Å². The predicted molar refractivity (Wildman–Crippen MR) is 99.9 cm³/mol. The van der Waals surface area contributed by atoms with Crippen molar-refractivity contribution in [2.24, 2.45) is 7.05 Å². The summed E-state index contributed by atoms with van der Waals surface area (Å²) in [5.41, 5.74) is 3.73. The standard InChI is InChI=1S/C20H22N4O2/c1-12-18-16(14-7-5-4-6-8-14)11-17(22-19(18)24(3)23-12)26-13(2)20(25)21-15-9-10-15/h4-8,11,13,15H,9-10H2,1-3H3,(H,21,25)/t13-/m1/s1. The molecule has 0 aliphatic heterocycles. The molecule has 3 aromatic rings. The summed E-state index contributed by atoms with van der Waals surface area (Å²) in [6, 6.07) is 12.3. The molecule has 0 radical (unpaired) electrons. The molecule has 0 spiro atoms. The molecule has 6 heteroatoms. The highest BCUT2D eigenvalue weighted by molar-refractivity contribution is 5.95. The number of amides is 1. The minimum Gasteiger partial charge on any atom is -0.464 e. The molecule has 2 aromatic heterocycles. The molecule has 1 N–H and O–H groups in total. The molecular formula is C20H22N4O2. The SMILES string of the molecule is Cc1nn(C)c2nc(O[C@H](C)C(=O)NC3CC3)cc(-c3ccccc3)c12. The van der Waals surface area contributed by atoms with Crippen LogP contribution in [0.15, 0.2) is 36.4 Å². The first-order valence-corrected chi connectivity index (χ1v) is 8.89. The number of carbonyl (C=O) groups is 1. The number of aryl methyl sites for hydroxylation is 2. The third kappa shape index (κ3) is 3.14. The van der Waals surface area contributed by atoms with Crippen LogP contribution in [0, 0.1) is 6.92 Å². The van der Waals surface area contributed by atoms with Gasteiger partial charge in [0.05, 0.1) is 11.1 Å². The van der Waals surface area contributed by atoms with Gasteiger partial charge in [-0.2, -0.15) is 10.1 Å². The van der Waals surface area contributed by atoms with Crippen molar-refractivity contribution in [2.45, 2.75) is 38.8 Å². The number of pyridine rings is 1. The van der Waals surface area contributed by atoms with Crippen LogP contribution in [-0.2, 0) is 11.8 Å². The lowest BCUT2D eigenvalue weighted by atomic mass is 10.0. The van der Waals surface area contributed by atoms with Crippen LogP contribution in [0.4, 0.5) is 0 Å². The summed E-state index contributed by atoms with van der Waals surface area (Å²) in [6.07, 6.45) is 1.50. The topological polar surface area (TPSA) is 69.0 Å². The van der Waals surface area contributed by atoms with E-state index in [1.54, 1.807) is 11.6 Å². The highest BCUT2D eigenvalue weighted by atomic mass is 16.5. The van der Waals surface area contributed by atoms with E-state index in [9.17, 15) is 4.79 Å². The van der Waals surface area contributed by atoms with E-state index in [1.807, 2.05) is 50.4 Å². The molecule has 2 heterocycles. The van der Waals surface area contributed by atoms with Crippen molar-refractivity contribution in [1.29, 1.82) is 0 Å². The molecule has 1 aliphatic rings. The second-order valence-electron chi connectivity index (χ2n) is 6.82. The van der Waals surface area contributed by atoms with E-state index >= 15 is 0 Å². The Kier molecular flexibility index (Phi) is 4.11. The molecule has 26 heavy (non-hydrogen) atoms. The Hall–Kier alpha value is -2.89. The summed E-state index contributed by atoms with van der Waals surface area (Å²) in [7, 11) is 1.87. The molecular weight excluding hydrogens is 328 g/mol. The molecule has 1 aliphatic carbocycles. The number of hydrogen-bond donors (Lipinski definition) is 1. The normalized spacial score (nSPS) is 15.0. The number of nitrogens with zero attached hydrogens (tertiary/aromatic N) is 3. The molecule has 1 atom stereocenters. The van der Waals surface area contributed by atoms with Crippen LogP contribution in [0.25, 0.3) is 22.2 Å². The van der Waals surface area contributed by atoms with Crippen LogP contribution in [0.3, 0.4) is 0 Å². The van der Waals surface area contributed by atoms with Gasteiger partial charge in [0.2, 0.25) is 5.88 Å². The van der Waals surface area contributed by atoms with Crippen molar-refractivity contribution >= 4 is 16.9 Å². The molecule has 0 bridgehead atoms. The fourth-order valence-electron chi connectivity index (χ4n) is 3.11. The van der Waals surface area contributed by atoms with Crippen molar-refractivity contribution in [3.63, 3.8) is 0 Å². The van der Waals surface area contributed by atoms with E-state index in [1.165, 1.54) is 0 Å². The van der Waals surface area contributed by atoms with E-state index in [4.69, 9.17) is 4.74 Å². The number of rotatable bonds is 5. The second-order valence-corrected chi connectivity index (χ2v) is 6.82. The first-order valence-electron chi connectivity index (χ1n) is 8.89. The van der Waals surface area contributed by atoms with Crippen LogP contribution >= 0.6 is 0 Å². The Balaban J connectivity index is 1.73. The van der Waals surface area contributed by atoms with Gasteiger partial charge in [0.25, 0.3) is 5.91 Å². The maximum absolute atomic E-state index is 12.2. The van der Waals surface area contributed by atoms with Gasteiger partial charge >= 0.3 is 0 Å². The zero-order chi connectivity index (χ0) is 18.3. The Morgan fingerprint density at radius 1 is 1.31 bits per heavy atom. The molecule has 1 amide bonds. The van der Waals surface area contributed by atoms with Gasteiger partial charge in [0, 0.05) is 19.2 Å². The van der Waals surface area contributed by atoms with Gasteiger partial charge < -0.3 is 10.1 Å². The van der Waals surface area contributed by atoms with E-state index in [-0.39, 0.29) is 5.91 Å². The molecule has 6 nitrogen and oxygen atoms in total. The van der Waals surface area contributed by atoms with Crippen LogP contribution in [0.2, 0.25) is 0 Å². The Morgan fingerprint density at radius 2 is 2.04 bits per heavy atom. The summed E-state index contributed by atoms with van der Waals surface area (Å²) < 4.78 is 7.62. The number of fused-ring (bicyclic) bond motifs is 1. The van der Waals surface area contributed by atoms with E-state index in [0.29, 0.717) is 11.9 Å². The van der Waals surface area contributed by atoms with Gasteiger partial charge in [-0.1, -0.05) is 30.3 Å². The zero-order valence-electron chi connectivity index (χ0n) is 15.2. The quantitative estimate of drug-likeness (QED) is 0.768. The molecule has 0 unspecified atom stereocenters. The summed E-state index contributed by atoms with van der Waals surface area (Å²) >= 11 is 0. The van der Waals surface area contributed by atoms with Gasteiger partial charge in [-0.25, -0.2) is 0 Å². The first kappa shape index (κ1) is 16.6. The molecule has 4 rings (SSSR count). The fraction of sp³-hybridized carbons (Fsp3) is 0.350. The smallest absolute Gasteiger partial charge is 0.261 e. The van der Waals surface area contributed by atoms with Crippen molar-refractivity contribution < 1.29 is 9.53 Å². The lowest BCUT2D eigenvalue weighted by Gasteiger charge is -2.15. The third-order valence-corrected chi connectivity index (χ3v) is 4.62. The van der Waals surface area contributed by atoms with Crippen molar-refractivity contribution in [3.05, 3.63) is 42.1 Å². The van der Waals surface area contributed by atoms with Gasteiger partial charge in [0.1, 0.15) is 0 Å². The monoisotopic (exact) mass is 350 g/mol. The number of nitrogens with one attached hydrogen (secondary N) is 1. The fourth-order valence-corrected chi connectivity index (χ4v) is 3.11. The van der Waals surface area contributed by atoms with E-state index in [0.717, 1.165) is 40.7 Å². The maximum atomic E-state index is 12.2. The van der Waals surface area contributed by atoms with Crippen LogP contribution in [-0.4, -0.2) is 32.8 Å². The molecule has 1 fully saturated rings. The summed E-state index contributed by atoms with van der Waals surface area (Å²) in [5, 5.41) is 8.46. The predicted octanol–water partition coefficient (Wildman–Crippen LogP) is 2.99. The van der Waals surface area contributed by atoms with Crippen LogP contribution in [0.1, 0.15) is 25.5 Å². The number of aromatic nitrogens is 3. The highest BCUT2D eigenvalue weighted by Gasteiger charge is 2.27. The lowest BCUT2D eigenvalue weighted by Crippen LogP contribution is -2.37. The average Bonchev–Trinajstić information content (AvgIpc) is 3.40. The number of carbonyl (C=O) groups excluding carboxylic acids is 1. The summed E-state index contributed by atoms with van der Waals surface area (Å²) in [4.78, 5) is 16.8. The summed E-state index contributed by atoms with van der Waals surface area (Å²) in [5.74, 6) is 0.328. The van der Waals surface area contributed by atoms with E-state index < -0.39 is 6.10 Å². The molecule has 0 saturated heterocycles. The minimum absolute atomic E-state index is 0.100. The van der Waals surface area contributed by atoms with Crippen molar-refractivity contribution in [1.82, 2.24) is 20.1 Å². The Labute approximate surface area is 152 Å². The largest absolute Gasteiger partial charge is 0.464 e. The number of ether oxygens (including phenoxy) is 1. The van der Waals surface area contributed by atoms with Gasteiger partial charge in [-0.15, -0.1) is 0 Å².